The maximum Gasteiger partial charge on any atom is 0.341 e. The van der Waals surface area contributed by atoms with Crippen LogP contribution in [-0.4, -0.2) is 30.8 Å². The lowest BCUT2D eigenvalue weighted by Crippen LogP contribution is -2.12. The molecule has 0 amide bonds. The number of ether oxygens (including phenoxy) is 2. The van der Waals surface area contributed by atoms with Crippen molar-refractivity contribution in [2.24, 2.45) is 0 Å². The molecule has 5 nitrogen and oxygen atoms in total. The monoisotopic (exact) mass is 258 g/mol. The molecule has 0 aliphatic heterocycles. The summed E-state index contributed by atoms with van der Waals surface area (Å²) in [6.45, 7) is 3.21. The fourth-order valence-electron chi connectivity index (χ4n) is 1.12. The molecule has 0 fully saturated rings. The molecule has 0 aromatic carbocycles. The molecule has 1 aromatic heterocycles. The van der Waals surface area contributed by atoms with Gasteiger partial charge >= 0.3 is 5.97 Å². The van der Waals surface area contributed by atoms with Crippen LogP contribution in [-0.2, 0) is 9.47 Å². The van der Waals surface area contributed by atoms with Gasteiger partial charge in [-0.15, -0.1) is 0 Å². The van der Waals surface area contributed by atoms with Gasteiger partial charge in [-0.3, -0.25) is 0 Å². The standard InChI is InChI=1S/C11H15ClN2O3/c1-2-3-16-4-5-17-11(15)9-6-8(13)7-14-10(9)12/h6-7H,2-5,13H2,1H3. The van der Waals surface area contributed by atoms with Gasteiger partial charge in [-0.1, -0.05) is 18.5 Å². The van der Waals surface area contributed by atoms with Gasteiger partial charge in [0.1, 0.15) is 11.8 Å². The second kappa shape index (κ2) is 7.09. The van der Waals surface area contributed by atoms with Crippen molar-refractivity contribution >= 4 is 23.3 Å². The van der Waals surface area contributed by atoms with Gasteiger partial charge in [-0.25, -0.2) is 9.78 Å². The molecule has 0 saturated heterocycles. The number of pyridine rings is 1. The van der Waals surface area contributed by atoms with E-state index in [0.717, 1.165) is 6.42 Å². The summed E-state index contributed by atoms with van der Waals surface area (Å²) in [6, 6.07) is 1.44. The lowest BCUT2D eigenvalue weighted by atomic mass is 10.3. The Morgan fingerprint density at radius 2 is 2.24 bits per heavy atom. The number of esters is 1. The lowest BCUT2D eigenvalue weighted by molar-refractivity contribution is 0.0318. The lowest BCUT2D eigenvalue weighted by Gasteiger charge is -2.06. The van der Waals surface area contributed by atoms with Gasteiger partial charge in [0.2, 0.25) is 0 Å². The molecule has 0 spiro atoms. The average Bonchev–Trinajstić information content (AvgIpc) is 2.32. The first-order chi connectivity index (χ1) is 8.15. The Morgan fingerprint density at radius 1 is 1.47 bits per heavy atom. The Bertz CT molecular complexity index is 385. The van der Waals surface area contributed by atoms with Crippen LogP contribution in [0.5, 0.6) is 0 Å². The van der Waals surface area contributed by atoms with Crippen molar-refractivity contribution in [1.82, 2.24) is 4.98 Å². The summed E-state index contributed by atoms with van der Waals surface area (Å²) in [4.78, 5) is 15.4. The minimum atomic E-state index is -0.546. The van der Waals surface area contributed by atoms with Crippen molar-refractivity contribution in [3.05, 3.63) is 23.0 Å². The van der Waals surface area contributed by atoms with Crippen LogP contribution in [0.3, 0.4) is 0 Å². The Hall–Kier alpha value is -1.33. The molecular formula is C11H15ClN2O3. The first-order valence-corrected chi connectivity index (χ1v) is 5.68. The van der Waals surface area contributed by atoms with E-state index in [1.807, 2.05) is 6.92 Å². The van der Waals surface area contributed by atoms with Crippen molar-refractivity contribution in [1.29, 1.82) is 0 Å². The van der Waals surface area contributed by atoms with Crippen molar-refractivity contribution in [2.75, 3.05) is 25.6 Å². The van der Waals surface area contributed by atoms with E-state index in [1.165, 1.54) is 12.3 Å². The predicted octanol–water partition coefficient (Wildman–Crippen LogP) is 1.90. The van der Waals surface area contributed by atoms with E-state index in [2.05, 4.69) is 4.98 Å². The summed E-state index contributed by atoms with van der Waals surface area (Å²) in [5.74, 6) is -0.546. The molecule has 0 atom stereocenters. The number of nitrogens with zero attached hydrogens (tertiary/aromatic N) is 1. The highest BCUT2D eigenvalue weighted by molar-refractivity contribution is 6.32. The van der Waals surface area contributed by atoms with Gasteiger partial charge in [0.15, 0.2) is 0 Å². The normalized spacial score (nSPS) is 10.2. The summed E-state index contributed by atoms with van der Waals surface area (Å²) in [5.41, 5.74) is 6.04. The molecule has 0 bridgehead atoms. The van der Waals surface area contributed by atoms with Gasteiger partial charge in [0.25, 0.3) is 0 Å². The number of nitrogens with two attached hydrogens (primary N) is 1. The largest absolute Gasteiger partial charge is 0.460 e. The summed E-state index contributed by atoms with van der Waals surface area (Å²) >= 11 is 5.75. The molecule has 0 aliphatic rings. The van der Waals surface area contributed by atoms with Crippen molar-refractivity contribution in [3.63, 3.8) is 0 Å². The molecule has 1 rings (SSSR count). The van der Waals surface area contributed by atoms with Gasteiger partial charge in [-0.05, 0) is 12.5 Å². The maximum atomic E-state index is 11.6. The van der Waals surface area contributed by atoms with Crippen molar-refractivity contribution in [3.8, 4) is 0 Å². The van der Waals surface area contributed by atoms with E-state index in [-0.39, 0.29) is 17.3 Å². The van der Waals surface area contributed by atoms with Crippen LogP contribution in [0.4, 0.5) is 5.69 Å². The highest BCUT2D eigenvalue weighted by Gasteiger charge is 2.13. The molecule has 0 unspecified atom stereocenters. The van der Waals surface area contributed by atoms with Crippen LogP contribution in [0.25, 0.3) is 0 Å². The minimum absolute atomic E-state index is 0.0821. The van der Waals surface area contributed by atoms with E-state index in [0.29, 0.717) is 18.9 Å². The zero-order valence-electron chi connectivity index (χ0n) is 9.61. The molecule has 6 heteroatoms. The van der Waals surface area contributed by atoms with Crippen molar-refractivity contribution < 1.29 is 14.3 Å². The first-order valence-electron chi connectivity index (χ1n) is 5.31. The third-order valence-electron chi connectivity index (χ3n) is 1.89. The topological polar surface area (TPSA) is 74.4 Å². The number of aromatic nitrogens is 1. The van der Waals surface area contributed by atoms with Crippen LogP contribution < -0.4 is 5.73 Å². The molecular weight excluding hydrogens is 244 g/mol. The number of anilines is 1. The quantitative estimate of drug-likeness (QED) is 0.479. The molecule has 2 N–H and O–H groups in total. The molecule has 17 heavy (non-hydrogen) atoms. The second-order valence-corrected chi connectivity index (χ2v) is 3.71. The summed E-state index contributed by atoms with van der Waals surface area (Å²) in [5, 5.41) is 0.0821. The third-order valence-corrected chi connectivity index (χ3v) is 2.19. The Kier molecular flexibility index (Phi) is 5.72. The molecule has 0 aliphatic carbocycles. The third kappa shape index (κ3) is 4.58. The van der Waals surface area contributed by atoms with Crippen LogP contribution in [0.2, 0.25) is 5.15 Å². The number of nitrogen functional groups attached to an aromatic ring is 1. The number of hydrogen-bond acceptors (Lipinski definition) is 5. The molecule has 0 saturated carbocycles. The zero-order valence-corrected chi connectivity index (χ0v) is 10.4. The fourth-order valence-corrected chi connectivity index (χ4v) is 1.31. The summed E-state index contributed by atoms with van der Waals surface area (Å²) in [7, 11) is 0. The zero-order chi connectivity index (χ0) is 12.7. The molecule has 0 radical (unpaired) electrons. The van der Waals surface area contributed by atoms with E-state index in [9.17, 15) is 4.79 Å². The maximum absolute atomic E-state index is 11.6. The number of halogens is 1. The molecule has 94 valence electrons. The highest BCUT2D eigenvalue weighted by atomic mass is 35.5. The highest BCUT2D eigenvalue weighted by Crippen LogP contribution is 2.16. The van der Waals surface area contributed by atoms with Crippen LogP contribution >= 0.6 is 11.6 Å². The number of carbonyl (C=O) groups is 1. The summed E-state index contributed by atoms with van der Waals surface area (Å²) < 4.78 is 10.1. The van der Waals surface area contributed by atoms with Crippen LogP contribution in [0.1, 0.15) is 23.7 Å². The minimum Gasteiger partial charge on any atom is -0.460 e. The average molecular weight is 259 g/mol. The van der Waals surface area contributed by atoms with Crippen molar-refractivity contribution in [2.45, 2.75) is 13.3 Å². The fraction of sp³-hybridized carbons (Fsp3) is 0.455. The van der Waals surface area contributed by atoms with Crippen LogP contribution in [0, 0.1) is 0 Å². The van der Waals surface area contributed by atoms with E-state index < -0.39 is 5.97 Å². The van der Waals surface area contributed by atoms with Gasteiger partial charge < -0.3 is 15.2 Å². The van der Waals surface area contributed by atoms with E-state index in [1.54, 1.807) is 0 Å². The van der Waals surface area contributed by atoms with E-state index in [4.69, 9.17) is 26.8 Å². The Balaban J connectivity index is 2.44. The second-order valence-electron chi connectivity index (χ2n) is 3.36. The Labute approximate surface area is 105 Å². The number of hydrogen-bond donors (Lipinski definition) is 1. The first kappa shape index (κ1) is 13.7. The summed E-state index contributed by atoms with van der Waals surface area (Å²) in [6.07, 6.45) is 2.31. The predicted molar refractivity (Wildman–Crippen MR) is 65.1 cm³/mol. The SMILES string of the molecule is CCCOCCOC(=O)c1cc(N)cnc1Cl. The van der Waals surface area contributed by atoms with Crippen LogP contribution in [0.15, 0.2) is 12.3 Å². The van der Waals surface area contributed by atoms with Gasteiger partial charge in [0.05, 0.1) is 24.1 Å². The number of rotatable bonds is 6. The smallest absolute Gasteiger partial charge is 0.341 e. The van der Waals surface area contributed by atoms with Gasteiger partial charge in [-0.2, -0.15) is 0 Å². The van der Waals surface area contributed by atoms with Gasteiger partial charge in [0, 0.05) is 6.61 Å². The Morgan fingerprint density at radius 3 is 2.94 bits per heavy atom. The number of carbonyl (C=O) groups excluding carboxylic acids is 1. The van der Waals surface area contributed by atoms with E-state index >= 15 is 0 Å². The molecule has 1 heterocycles. The molecule has 1 aromatic rings.